The van der Waals surface area contributed by atoms with E-state index in [1.54, 1.807) is 5.38 Å². The van der Waals surface area contributed by atoms with Gasteiger partial charge >= 0.3 is 6.18 Å². The molecule has 5 nitrogen and oxygen atoms in total. The van der Waals surface area contributed by atoms with Crippen LogP contribution in [0.25, 0.3) is 0 Å². The van der Waals surface area contributed by atoms with E-state index in [1.807, 2.05) is 4.90 Å². The minimum absolute atomic E-state index is 0.193. The quantitative estimate of drug-likeness (QED) is 0.344. The molecule has 0 spiro atoms. The summed E-state index contributed by atoms with van der Waals surface area (Å²) in [6.07, 6.45) is 4.58. The zero-order valence-corrected chi connectivity index (χ0v) is 22.8. The van der Waals surface area contributed by atoms with E-state index in [2.05, 4.69) is 29.0 Å². The maximum atomic E-state index is 13.4. The summed E-state index contributed by atoms with van der Waals surface area (Å²) in [6, 6.07) is 3.59. The monoisotopic (exact) mass is 536 g/mol. The highest BCUT2D eigenvalue weighted by molar-refractivity contribution is 7.10. The molecule has 2 saturated heterocycles. The molecule has 0 bridgehead atoms. The van der Waals surface area contributed by atoms with Crippen molar-refractivity contribution in [2.24, 2.45) is 5.92 Å². The number of nitrogens with zero attached hydrogens (tertiary/aromatic N) is 3. The van der Waals surface area contributed by atoms with Gasteiger partial charge in [-0.3, -0.25) is 4.79 Å². The number of carbonyl (C=O) groups excluding carboxylic acids is 1. The predicted molar refractivity (Wildman–Crippen MR) is 145 cm³/mol. The Morgan fingerprint density at radius 2 is 1.89 bits per heavy atom. The smallest absolute Gasteiger partial charge is 0.370 e. The Hall–Kier alpha value is -2.13. The van der Waals surface area contributed by atoms with Gasteiger partial charge in [0.2, 0.25) is 0 Å². The van der Waals surface area contributed by atoms with Crippen molar-refractivity contribution in [2.75, 3.05) is 42.9 Å². The first kappa shape index (κ1) is 27.9. The van der Waals surface area contributed by atoms with E-state index in [-0.39, 0.29) is 11.4 Å². The zero-order chi connectivity index (χ0) is 26.4. The Morgan fingerprint density at radius 1 is 1.16 bits per heavy atom. The van der Waals surface area contributed by atoms with Crippen molar-refractivity contribution < 1.29 is 18.0 Å². The molecular formula is C28H39F3N4OS. The number of hydrogen-bond donors (Lipinski definition) is 1. The number of anilines is 2. The fourth-order valence-corrected chi connectivity index (χ4v) is 6.43. The second-order valence-corrected chi connectivity index (χ2v) is 11.3. The Bertz CT molecular complexity index is 1030. The number of hydrogen-bond acceptors (Lipinski definition) is 5. The number of piperidine rings is 1. The van der Waals surface area contributed by atoms with Gasteiger partial charge in [-0.1, -0.05) is 33.1 Å². The lowest BCUT2D eigenvalue weighted by molar-refractivity contribution is -0.137. The van der Waals surface area contributed by atoms with Gasteiger partial charge in [0.25, 0.3) is 5.91 Å². The van der Waals surface area contributed by atoms with E-state index < -0.39 is 17.6 Å². The van der Waals surface area contributed by atoms with Crippen molar-refractivity contribution >= 4 is 28.6 Å². The molecule has 2 fully saturated rings. The molecule has 2 aromatic rings. The summed E-state index contributed by atoms with van der Waals surface area (Å²) in [6.45, 7) is 9.30. The van der Waals surface area contributed by atoms with Gasteiger partial charge in [-0.2, -0.15) is 13.2 Å². The van der Waals surface area contributed by atoms with Crippen molar-refractivity contribution in [1.82, 2.24) is 9.88 Å². The molecule has 0 saturated carbocycles. The lowest BCUT2D eigenvalue weighted by Crippen LogP contribution is -2.36. The molecule has 1 atom stereocenters. The van der Waals surface area contributed by atoms with Crippen molar-refractivity contribution in [3.8, 4) is 0 Å². The van der Waals surface area contributed by atoms with Crippen LogP contribution in [0.2, 0.25) is 0 Å². The number of amides is 1. The van der Waals surface area contributed by atoms with Crippen molar-refractivity contribution in [1.29, 1.82) is 0 Å². The molecular weight excluding hydrogens is 497 g/mol. The molecule has 1 N–H and O–H groups in total. The highest BCUT2D eigenvalue weighted by Crippen LogP contribution is 2.37. The van der Waals surface area contributed by atoms with Crippen LogP contribution in [-0.2, 0) is 6.18 Å². The van der Waals surface area contributed by atoms with E-state index in [0.717, 1.165) is 81.5 Å². The van der Waals surface area contributed by atoms with Crippen LogP contribution in [0.5, 0.6) is 0 Å². The minimum Gasteiger partial charge on any atom is -0.370 e. The largest absolute Gasteiger partial charge is 0.416 e. The van der Waals surface area contributed by atoms with Gasteiger partial charge in [-0.05, 0) is 69.3 Å². The van der Waals surface area contributed by atoms with Gasteiger partial charge in [-0.15, -0.1) is 11.3 Å². The standard InChI is InChI=1S/C28H39F3N4OS/c1-3-5-8-20(4-2)18-34-15-11-21(12-16-34)27-33-24(19-37-27)26(36)32-23-17-22(28(29,30)31)9-10-25(23)35-13-6-7-14-35/h9-10,17,19-21H,3-8,11-16,18H2,1-2H3,(H,32,36). The Balaban J connectivity index is 1.39. The number of unbranched alkanes of at least 4 members (excludes halogenated alkanes) is 1. The normalized spacial score (nSPS) is 18.4. The van der Waals surface area contributed by atoms with Crippen molar-refractivity contribution in [2.45, 2.75) is 77.3 Å². The van der Waals surface area contributed by atoms with Crippen molar-refractivity contribution in [3.05, 3.63) is 39.8 Å². The number of likely N-dealkylation sites (tertiary alicyclic amines) is 1. The molecule has 1 aromatic carbocycles. The van der Waals surface area contributed by atoms with Crippen LogP contribution in [-0.4, -0.2) is 48.5 Å². The fraction of sp³-hybridized carbons (Fsp3) is 0.643. The number of carbonyl (C=O) groups is 1. The molecule has 1 aromatic heterocycles. The second kappa shape index (κ2) is 12.6. The summed E-state index contributed by atoms with van der Waals surface area (Å²) < 4.78 is 40.1. The highest BCUT2D eigenvalue weighted by atomic mass is 32.1. The van der Waals surface area contributed by atoms with Gasteiger partial charge in [0.15, 0.2) is 0 Å². The SMILES string of the molecule is CCCCC(CC)CN1CCC(c2nc(C(=O)Nc3cc(C(F)(F)F)ccc3N3CCCC3)cs2)CC1. The van der Waals surface area contributed by atoms with E-state index in [4.69, 9.17) is 0 Å². The van der Waals surface area contributed by atoms with Gasteiger partial charge in [0.1, 0.15) is 5.69 Å². The first-order chi connectivity index (χ1) is 17.8. The van der Waals surface area contributed by atoms with Crippen molar-refractivity contribution in [3.63, 3.8) is 0 Å². The summed E-state index contributed by atoms with van der Waals surface area (Å²) in [5.74, 6) is 0.626. The number of benzene rings is 1. The summed E-state index contributed by atoms with van der Waals surface area (Å²) in [5, 5.41) is 5.42. The van der Waals surface area contributed by atoms with Gasteiger partial charge in [-0.25, -0.2) is 4.98 Å². The molecule has 4 rings (SSSR count). The third-order valence-corrected chi connectivity index (χ3v) is 8.78. The maximum Gasteiger partial charge on any atom is 0.416 e. The Morgan fingerprint density at radius 3 is 2.54 bits per heavy atom. The first-order valence-electron chi connectivity index (χ1n) is 13.7. The molecule has 0 aliphatic carbocycles. The lowest BCUT2D eigenvalue weighted by atomic mass is 9.94. The van der Waals surface area contributed by atoms with Crippen LogP contribution in [0.4, 0.5) is 24.5 Å². The topological polar surface area (TPSA) is 48.5 Å². The number of aromatic nitrogens is 1. The number of thiazole rings is 1. The molecule has 204 valence electrons. The summed E-state index contributed by atoms with van der Waals surface area (Å²) in [7, 11) is 0. The molecule has 9 heteroatoms. The molecule has 2 aliphatic rings. The predicted octanol–water partition coefficient (Wildman–Crippen LogP) is 7.41. The van der Waals surface area contributed by atoms with Crippen LogP contribution in [0, 0.1) is 5.92 Å². The molecule has 37 heavy (non-hydrogen) atoms. The number of alkyl halides is 3. The second-order valence-electron chi connectivity index (χ2n) is 10.4. The Kier molecular flexibility index (Phi) is 9.51. The molecule has 1 amide bonds. The van der Waals surface area contributed by atoms with Crippen LogP contribution in [0.15, 0.2) is 23.6 Å². The third kappa shape index (κ3) is 7.25. The van der Waals surface area contributed by atoms with Crippen LogP contribution >= 0.6 is 11.3 Å². The van der Waals surface area contributed by atoms with Crippen LogP contribution in [0.3, 0.4) is 0 Å². The van der Waals surface area contributed by atoms with Gasteiger partial charge < -0.3 is 15.1 Å². The first-order valence-corrected chi connectivity index (χ1v) is 14.6. The van der Waals surface area contributed by atoms with Gasteiger partial charge in [0, 0.05) is 30.9 Å². The lowest BCUT2D eigenvalue weighted by Gasteiger charge is -2.33. The minimum atomic E-state index is -4.47. The van der Waals surface area contributed by atoms with Gasteiger partial charge in [0.05, 0.1) is 21.9 Å². The van der Waals surface area contributed by atoms with E-state index >= 15 is 0 Å². The molecule has 2 aliphatic heterocycles. The average Bonchev–Trinajstić information content (AvgIpc) is 3.59. The average molecular weight is 537 g/mol. The van der Waals surface area contributed by atoms with Crippen LogP contribution in [0.1, 0.15) is 92.2 Å². The summed E-state index contributed by atoms with van der Waals surface area (Å²) in [4.78, 5) is 22.3. The van der Waals surface area contributed by atoms with E-state index in [0.29, 0.717) is 11.6 Å². The number of rotatable bonds is 10. The van der Waals surface area contributed by atoms with E-state index in [1.165, 1.54) is 43.1 Å². The fourth-order valence-electron chi connectivity index (χ4n) is 5.46. The molecule has 3 heterocycles. The number of nitrogens with one attached hydrogen (secondary N) is 1. The van der Waals surface area contributed by atoms with E-state index in [9.17, 15) is 18.0 Å². The molecule has 1 unspecified atom stereocenters. The number of halogens is 3. The summed E-state index contributed by atoms with van der Waals surface area (Å²) >= 11 is 1.48. The summed E-state index contributed by atoms with van der Waals surface area (Å²) in [5.41, 5.74) is 0.332. The third-order valence-electron chi connectivity index (χ3n) is 7.77. The molecule has 0 radical (unpaired) electrons. The highest BCUT2D eigenvalue weighted by Gasteiger charge is 2.32. The Labute approximate surface area is 222 Å². The maximum absolute atomic E-state index is 13.4. The van der Waals surface area contributed by atoms with Crippen LogP contribution < -0.4 is 10.2 Å². The zero-order valence-electron chi connectivity index (χ0n) is 21.9.